The van der Waals surface area contributed by atoms with Crippen molar-refractivity contribution < 1.29 is 4.79 Å². The fourth-order valence-electron chi connectivity index (χ4n) is 4.04. The van der Waals surface area contributed by atoms with E-state index in [1.54, 1.807) is 12.1 Å². The predicted molar refractivity (Wildman–Crippen MR) is 86.7 cm³/mol. The number of benzene rings is 1. The topological polar surface area (TPSA) is 55.1 Å². The monoisotopic (exact) mass is 326 g/mol. The second kappa shape index (κ2) is 5.69. The summed E-state index contributed by atoms with van der Waals surface area (Å²) in [5, 5.41) is 3.72. The van der Waals surface area contributed by atoms with E-state index in [2.05, 4.69) is 12.2 Å². The molecule has 2 bridgehead atoms. The van der Waals surface area contributed by atoms with Crippen LogP contribution in [0.15, 0.2) is 12.1 Å². The molecule has 1 amide bonds. The van der Waals surface area contributed by atoms with E-state index in [0.717, 1.165) is 11.8 Å². The molecule has 4 atom stereocenters. The fourth-order valence-corrected chi connectivity index (χ4v) is 4.38. The first-order valence-electron chi connectivity index (χ1n) is 7.51. The molecule has 2 aliphatic rings. The summed E-state index contributed by atoms with van der Waals surface area (Å²) >= 11 is 11.9. The highest BCUT2D eigenvalue weighted by Gasteiger charge is 2.42. The molecule has 0 saturated heterocycles. The molecular formula is C16H20Cl2N2O. The molecule has 0 heterocycles. The van der Waals surface area contributed by atoms with E-state index in [4.69, 9.17) is 28.9 Å². The van der Waals surface area contributed by atoms with Crippen LogP contribution in [-0.4, -0.2) is 11.9 Å². The molecule has 0 spiro atoms. The summed E-state index contributed by atoms with van der Waals surface area (Å²) < 4.78 is 0. The Hall–Kier alpha value is -0.930. The Kier molecular flexibility index (Phi) is 4.06. The van der Waals surface area contributed by atoms with E-state index in [9.17, 15) is 4.79 Å². The van der Waals surface area contributed by atoms with Crippen LogP contribution in [0, 0.1) is 17.8 Å². The predicted octanol–water partition coefficient (Wildman–Crippen LogP) is 4.13. The maximum atomic E-state index is 12.4. The van der Waals surface area contributed by atoms with Crippen molar-refractivity contribution in [3.05, 3.63) is 27.7 Å². The van der Waals surface area contributed by atoms with Crippen molar-refractivity contribution in [1.82, 2.24) is 5.32 Å². The molecule has 5 heteroatoms. The zero-order valence-corrected chi connectivity index (χ0v) is 13.5. The van der Waals surface area contributed by atoms with Crippen LogP contribution in [0.4, 0.5) is 5.69 Å². The largest absolute Gasteiger partial charge is 0.397 e. The van der Waals surface area contributed by atoms with Gasteiger partial charge in [-0.15, -0.1) is 0 Å². The van der Waals surface area contributed by atoms with Gasteiger partial charge in [0.2, 0.25) is 0 Å². The van der Waals surface area contributed by atoms with Gasteiger partial charge in [-0.05, 0) is 56.1 Å². The Labute approximate surface area is 135 Å². The number of hydrogen-bond donors (Lipinski definition) is 2. The van der Waals surface area contributed by atoms with Crippen molar-refractivity contribution >= 4 is 34.8 Å². The molecule has 3 N–H and O–H groups in total. The van der Waals surface area contributed by atoms with Crippen LogP contribution in [0.2, 0.25) is 10.0 Å². The standard InChI is InChI=1S/C16H20Cl2N2O/c1-8(12-5-9-2-3-10(12)4-9)20-16(21)11-6-13(17)15(18)14(19)7-11/h6-10,12H,2-5,19H2,1H3,(H,20,21). The Balaban J connectivity index is 1.69. The van der Waals surface area contributed by atoms with Crippen molar-refractivity contribution in [3.8, 4) is 0 Å². The third kappa shape index (κ3) is 2.86. The summed E-state index contributed by atoms with van der Waals surface area (Å²) in [6, 6.07) is 3.34. The molecule has 21 heavy (non-hydrogen) atoms. The zero-order valence-electron chi connectivity index (χ0n) is 12.0. The minimum absolute atomic E-state index is 0.129. The lowest BCUT2D eigenvalue weighted by Gasteiger charge is -2.28. The van der Waals surface area contributed by atoms with E-state index in [0.29, 0.717) is 27.2 Å². The van der Waals surface area contributed by atoms with Gasteiger partial charge < -0.3 is 11.1 Å². The van der Waals surface area contributed by atoms with Crippen LogP contribution in [0.1, 0.15) is 43.0 Å². The molecule has 2 saturated carbocycles. The fraction of sp³-hybridized carbons (Fsp3) is 0.562. The SMILES string of the molecule is CC(NC(=O)c1cc(N)c(Cl)c(Cl)c1)C1CC2CCC1C2. The number of halogens is 2. The van der Waals surface area contributed by atoms with Gasteiger partial charge in [-0.25, -0.2) is 0 Å². The maximum Gasteiger partial charge on any atom is 0.251 e. The molecule has 0 radical (unpaired) electrons. The Morgan fingerprint density at radius 1 is 1.33 bits per heavy atom. The van der Waals surface area contributed by atoms with Crippen molar-refractivity contribution in [3.63, 3.8) is 0 Å². The minimum atomic E-state index is -0.129. The Morgan fingerprint density at radius 3 is 2.67 bits per heavy atom. The number of nitrogen functional groups attached to an aromatic ring is 1. The Bertz CT molecular complexity index is 552. The van der Waals surface area contributed by atoms with Crippen LogP contribution in [0.3, 0.4) is 0 Å². The summed E-state index contributed by atoms with van der Waals surface area (Å²) in [4.78, 5) is 12.4. The van der Waals surface area contributed by atoms with Crippen molar-refractivity contribution in [2.75, 3.05) is 5.73 Å². The van der Waals surface area contributed by atoms with E-state index >= 15 is 0 Å². The lowest BCUT2D eigenvalue weighted by atomic mass is 9.84. The number of anilines is 1. The van der Waals surface area contributed by atoms with Gasteiger partial charge in [-0.2, -0.15) is 0 Å². The van der Waals surface area contributed by atoms with Gasteiger partial charge in [0, 0.05) is 11.6 Å². The number of nitrogens with one attached hydrogen (secondary N) is 1. The number of hydrogen-bond acceptors (Lipinski definition) is 2. The average Bonchev–Trinajstić information content (AvgIpc) is 3.06. The normalized spacial score (nSPS) is 28.6. The van der Waals surface area contributed by atoms with Crippen molar-refractivity contribution in [1.29, 1.82) is 0 Å². The van der Waals surface area contributed by atoms with Gasteiger partial charge in [0.1, 0.15) is 0 Å². The number of carbonyl (C=O) groups is 1. The van der Waals surface area contributed by atoms with Gasteiger partial charge in [0.15, 0.2) is 0 Å². The maximum absolute atomic E-state index is 12.4. The van der Waals surface area contributed by atoms with Crippen molar-refractivity contribution in [2.45, 2.75) is 38.6 Å². The summed E-state index contributed by atoms with van der Waals surface area (Å²) in [7, 11) is 0. The van der Waals surface area contributed by atoms with Crippen LogP contribution in [0.5, 0.6) is 0 Å². The molecular weight excluding hydrogens is 307 g/mol. The summed E-state index contributed by atoms with van der Waals surface area (Å²) in [5.74, 6) is 2.13. The van der Waals surface area contributed by atoms with E-state index in [1.807, 2.05) is 0 Å². The summed E-state index contributed by atoms with van der Waals surface area (Å²) in [6.07, 6.45) is 5.26. The first-order chi connectivity index (χ1) is 9.95. The molecule has 2 aliphatic carbocycles. The van der Waals surface area contributed by atoms with E-state index in [-0.39, 0.29) is 11.9 Å². The highest BCUT2D eigenvalue weighted by Crippen LogP contribution is 2.49. The molecule has 2 fully saturated rings. The number of fused-ring (bicyclic) bond motifs is 2. The van der Waals surface area contributed by atoms with Gasteiger partial charge >= 0.3 is 0 Å². The first-order valence-corrected chi connectivity index (χ1v) is 8.26. The van der Waals surface area contributed by atoms with Crippen LogP contribution < -0.4 is 11.1 Å². The minimum Gasteiger partial charge on any atom is -0.397 e. The molecule has 1 aromatic carbocycles. The molecule has 4 unspecified atom stereocenters. The third-order valence-corrected chi connectivity index (χ3v) is 5.93. The highest BCUT2D eigenvalue weighted by atomic mass is 35.5. The average molecular weight is 327 g/mol. The lowest BCUT2D eigenvalue weighted by Crippen LogP contribution is -2.40. The number of nitrogens with two attached hydrogens (primary N) is 1. The number of rotatable bonds is 3. The van der Waals surface area contributed by atoms with Crippen LogP contribution >= 0.6 is 23.2 Å². The highest BCUT2D eigenvalue weighted by molar-refractivity contribution is 6.43. The van der Waals surface area contributed by atoms with Crippen molar-refractivity contribution in [2.24, 2.45) is 17.8 Å². The molecule has 0 aliphatic heterocycles. The molecule has 3 nitrogen and oxygen atoms in total. The molecule has 0 aromatic heterocycles. The van der Waals surface area contributed by atoms with E-state index in [1.165, 1.54) is 25.7 Å². The zero-order chi connectivity index (χ0) is 15.1. The first kappa shape index (κ1) is 15.0. The van der Waals surface area contributed by atoms with Gasteiger partial charge in [-0.1, -0.05) is 29.6 Å². The second-order valence-electron chi connectivity index (χ2n) is 6.46. The Morgan fingerprint density at radius 2 is 2.10 bits per heavy atom. The summed E-state index contributed by atoms with van der Waals surface area (Å²) in [5.41, 5.74) is 6.57. The smallest absolute Gasteiger partial charge is 0.251 e. The third-order valence-electron chi connectivity index (χ3n) is 5.11. The van der Waals surface area contributed by atoms with Crippen LogP contribution in [-0.2, 0) is 0 Å². The molecule has 114 valence electrons. The number of carbonyl (C=O) groups excluding carboxylic acids is 1. The second-order valence-corrected chi connectivity index (χ2v) is 7.25. The van der Waals surface area contributed by atoms with Gasteiger partial charge in [0.05, 0.1) is 15.7 Å². The number of amides is 1. The molecule has 1 aromatic rings. The van der Waals surface area contributed by atoms with Crippen LogP contribution in [0.25, 0.3) is 0 Å². The summed E-state index contributed by atoms with van der Waals surface area (Å²) in [6.45, 7) is 2.10. The van der Waals surface area contributed by atoms with Gasteiger partial charge in [-0.3, -0.25) is 4.79 Å². The van der Waals surface area contributed by atoms with E-state index < -0.39 is 0 Å². The molecule has 3 rings (SSSR count). The quantitative estimate of drug-likeness (QED) is 0.820. The lowest BCUT2D eigenvalue weighted by molar-refractivity contribution is 0.0915. The van der Waals surface area contributed by atoms with Gasteiger partial charge in [0.25, 0.3) is 5.91 Å².